The number of aliphatic hydroxyl groups is 1. The highest BCUT2D eigenvalue weighted by atomic mass is 32.2. The highest BCUT2D eigenvalue weighted by Gasteiger charge is 2.26. The number of rotatable bonds is 20. The number of ketones is 3. The third-order valence-electron chi connectivity index (χ3n) is 11.2. The number of benzene rings is 5. The molecule has 4 aromatic heterocycles. The number of anilines is 3. The van der Waals surface area contributed by atoms with Crippen LogP contribution in [0.5, 0.6) is 0 Å². The fourth-order valence-corrected chi connectivity index (χ4v) is 13.0. The molecule has 0 bridgehead atoms. The lowest BCUT2D eigenvalue weighted by Gasteiger charge is -2.23. The number of aromatic nitrogens is 1. The number of hydrogen-bond acceptors (Lipinski definition) is 20. The van der Waals surface area contributed by atoms with Crippen molar-refractivity contribution in [2.75, 3.05) is 44.2 Å². The second-order valence-corrected chi connectivity index (χ2v) is 26.7. The second-order valence-electron chi connectivity index (χ2n) is 17.0. The van der Waals surface area contributed by atoms with E-state index in [0.717, 1.165) is 66.6 Å². The second kappa shape index (κ2) is 27.4. The molecular weight excluding hydrogens is 1180 g/mol. The van der Waals surface area contributed by atoms with E-state index in [1.54, 1.807) is 72.0 Å². The summed E-state index contributed by atoms with van der Waals surface area (Å²) in [5.41, 5.74) is 3.35. The molecule has 0 saturated carbocycles. The fourth-order valence-electron chi connectivity index (χ4n) is 7.28. The molecule has 81 heavy (non-hydrogen) atoms. The van der Waals surface area contributed by atoms with Gasteiger partial charge in [0.2, 0.25) is 0 Å². The van der Waals surface area contributed by atoms with Crippen molar-refractivity contribution in [3.8, 4) is 0 Å². The molecule has 9 rings (SSSR count). The van der Waals surface area contributed by atoms with Crippen molar-refractivity contribution in [3.63, 3.8) is 0 Å². The summed E-state index contributed by atoms with van der Waals surface area (Å²) in [7, 11) is -11.6. The van der Waals surface area contributed by atoms with E-state index in [1.807, 2.05) is 17.5 Å². The van der Waals surface area contributed by atoms with E-state index in [2.05, 4.69) is 14.4 Å². The summed E-state index contributed by atoms with van der Waals surface area (Å²) in [4.78, 5) is 72.7. The van der Waals surface area contributed by atoms with Gasteiger partial charge in [-0.25, -0.2) is 25.3 Å². The molecule has 19 nitrogen and oxygen atoms in total. The Morgan fingerprint density at radius 2 is 1.01 bits per heavy atom. The minimum absolute atomic E-state index is 0.0321. The van der Waals surface area contributed by atoms with Crippen LogP contribution in [-0.2, 0) is 44.5 Å². The lowest BCUT2D eigenvalue weighted by atomic mass is 10.1. The molecule has 0 radical (unpaired) electrons. The highest BCUT2D eigenvalue weighted by Crippen LogP contribution is 2.29. The van der Waals surface area contributed by atoms with Gasteiger partial charge < -0.3 is 13.9 Å². The molecule has 0 aliphatic heterocycles. The van der Waals surface area contributed by atoms with Gasteiger partial charge in [-0.1, -0.05) is 59.6 Å². The first kappa shape index (κ1) is 61.2. The van der Waals surface area contributed by atoms with Crippen LogP contribution >= 0.6 is 46.6 Å². The third-order valence-corrected chi connectivity index (χ3v) is 19.2. The third kappa shape index (κ3) is 16.6. The number of fused-ring (bicyclic) bond motifs is 3. The maximum Gasteiger partial charge on any atom is 0.265 e. The van der Waals surface area contributed by atoms with E-state index in [-0.39, 0.29) is 83.5 Å². The summed E-state index contributed by atoms with van der Waals surface area (Å²) in [6.45, 7) is 3.61. The maximum absolute atomic E-state index is 13.1. The van der Waals surface area contributed by atoms with Crippen molar-refractivity contribution < 1.29 is 68.0 Å². The molecule has 0 spiro atoms. The largest absolute Gasteiger partial charge is 0.464 e. The molecule has 26 heteroatoms. The zero-order chi connectivity index (χ0) is 58.5. The van der Waals surface area contributed by atoms with Gasteiger partial charge in [0.25, 0.3) is 30.1 Å². The van der Waals surface area contributed by atoms with E-state index in [1.165, 1.54) is 94.0 Å². The molecule has 5 aromatic carbocycles. The lowest BCUT2D eigenvalue weighted by molar-refractivity contribution is -0.109. The first-order valence-electron chi connectivity index (χ1n) is 23.8. The lowest BCUT2D eigenvalue weighted by Crippen LogP contribution is -2.33. The number of furan rings is 2. The summed E-state index contributed by atoms with van der Waals surface area (Å²) in [6.07, 6.45) is 4.13. The summed E-state index contributed by atoms with van der Waals surface area (Å²) in [6, 6.07) is 34.5. The first-order valence-corrected chi connectivity index (χ1v) is 32.0. The standard InChI is InChI=1S/C19H18N2O6S2.C18H15NO5S2.C18H15NO4S3/c1-13(23)28-12-18(24)17-4-3-16(11-20-17)29(25,26)21(7-8-22)15-2-5-19-14(10-15)6-9-27-19;2*1-12(20)25-11-17(21)13-2-5-16(6-3-13)26(22,23)19-15-4-7-18-14(10-15)8-9-24-18/h2-6,9-11,22H,7-8,12H2,1H3;2*2-10,19H,11H2,1H3. The van der Waals surface area contributed by atoms with Crippen LogP contribution in [0, 0.1) is 0 Å². The van der Waals surface area contributed by atoms with Crippen molar-refractivity contribution >= 4 is 158 Å². The molecule has 0 unspecified atom stereocenters. The van der Waals surface area contributed by atoms with Gasteiger partial charge in [0, 0.05) is 64.9 Å². The van der Waals surface area contributed by atoms with Gasteiger partial charge in [-0.3, -0.25) is 47.5 Å². The van der Waals surface area contributed by atoms with Crippen LogP contribution in [0.15, 0.2) is 181 Å². The molecule has 0 aliphatic rings. The predicted octanol–water partition coefficient (Wildman–Crippen LogP) is 10.3. The smallest absolute Gasteiger partial charge is 0.265 e. The fraction of sp³-hybridized carbons (Fsp3) is 0.145. The molecule has 3 N–H and O–H groups in total. The Kier molecular flexibility index (Phi) is 20.7. The van der Waals surface area contributed by atoms with Crippen LogP contribution in [0.2, 0.25) is 0 Å². The molecule has 9 aromatic rings. The summed E-state index contributed by atoms with van der Waals surface area (Å²) >= 11 is 4.30. The number of Topliss-reactive ketones (excluding diaryl/α,β-unsaturated/α-hetero) is 3. The summed E-state index contributed by atoms with van der Waals surface area (Å²) in [5.74, 6) is -0.801. The predicted molar refractivity (Wildman–Crippen MR) is 317 cm³/mol. The molecule has 0 aliphatic carbocycles. The Morgan fingerprint density at radius 3 is 1.51 bits per heavy atom. The molecule has 0 saturated heterocycles. The van der Waals surface area contributed by atoms with Gasteiger partial charge in [-0.2, -0.15) is 0 Å². The molecule has 4 heterocycles. The summed E-state index contributed by atoms with van der Waals surface area (Å²) in [5, 5.41) is 13.4. The monoisotopic (exact) mass is 1230 g/mol. The number of carbonyl (C=O) groups is 6. The van der Waals surface area contributed by atoms with Gasteiger partial charge in [0.05, 0.1) is 58.4 Å². The van der Waals surface area contributed by atoms with Crippen LogP contribution in [0.3, 0.4) is 0 Å². The van der Waals surface area contributed by atoms with Crippen molar-refractivity contribution in [2.45, 2.75) is 35.5 Å². The van der Waals surface area contributed by atoms with Gasteiger partial charge in [0.15, 0.2) is 32.7 Å². The van der Waals surface area contributed by atoms with E-state index in [4.69, 9.17) is 8.83 Å². The number of sulfonamides is 3. The van der Waals surface area contributed by atoms with Gasteiger partial charge in [0.1, 0.15) is 21.8 Å². The Bertz CT molecular complexity index is 3950. The highest BCUT2D eigenvalue weighted by molar-refractivity contribution is 8.14. The summed E-state index contributed by atoms with van der Waals surface area (Å²) < 4.78 is 94.0. The number of thiophene rings is 1. The van der Waals surface area contributed by atoms with Crippen LogP contribution in [0.25, 0.3) is 32.0 Å². The van der Waals surface area contributed by atoms with Gasteiger partial charge in [-0.15, -0.1) is 11.3 Å². The topological polar surface area (TPSA) is 292 Å². The van der Waals surface area contributed by atoms with Gasteiger partial charge >= 0.3 is 0 Å². The van der Waals surface area contributed by atoms with Crippen LogP contribution in [-0.4, -0.2) is 98.4 Å². The number of carbonyl (C=O) groups excluding carboxylic acids is 6. The van der Waals surface area contributed by atoms with Crippen LogP contribution < -0.4 is 13.7 Å². The quantitative estimate of drug-likeness (QED) is 0.0598. The van der Waals surface area contributed by atoms with Crippen molar-refractivity contribution in [3.05, 3.63) is 174 Å². The zero-order valence-corrected chi connectivity index (χ0v) is 48.7. The molecule has 0 atom stereocenters. The number of thioether (sulfide) groups is 3. The SMILES string of the molecule is CC(=O)SCC(=O)c1ccc(S(=O)(=O)N(CCO)c2ccc3occc3c2)cn1.CC(=O)SCC(=O)c1ccc(S(=O)(=O)Nc2ccc3occc3c2)cc1.CC(=O)SCC(=O)c1ccc(S(=O)(=O)Nc2ccc3sccc3c2)cc1. The Balaban J connectivity index is 0.000000176. The number of pyridine rings is 1. The number of nitrogens with zero attached hydrogens (tertiary/aromatic N) is 2. The Morgan fingerprint density at radius 1 is 0.543 bits per heavy atom. The first-order chi connectivity index (χ1) is 38.5. The number of hydrogen-bond donors (Lipinski definition) is 3. The number of nitrogens with one attached hydrogen (secondary N) is 2. The minimum Gasteiger partial charge on any atom is -0.464 e. The van der Waals surface area contributed by atoms with Crippen LogP contribution in [0.1, 0.15) is 52.0 Å². The Hall–Kier alpha value is -7.43. The van der Waals surface area contributed by atoms with Crippen molar-refractivity contribution in [2.24, 2.45) is 0 Å². The number of aliphatic hydroxyl groups excluding tert-OH is 1. The van der Waals surface area contributed by atoms with E-state index < -0.39 is 30.1 Å². The molecule has 420 valence electrons. The van der Waals surface area contributed by atoms with E-state index in [0.29, 0.717) is 39.4 Å². The maximum atomic E-state index is 13.1. The molecular formula is C55H48N4O15S7. The van der Waals surface area contributed by atoms with Crippen molar-refractivity contribution in [1.82, 2.24) is 4.98 Å². The normalized spacial score (nSPS) is 11.5. The van der Waals surface area contributed by atoms with Crippen molar-refractivity contribution in [1.29, 1.82) is 0 Å². The van der Waals surface area contributed by atoms with E-state index >= 15 is 0 Å². The minimum atomic E-state index is -4.03. The molecule has 0 amide bonds. The average Bonchev–Trinajstić information content (AvgIpc) is 4.26. The van der Waals surface area contributed by atoms with Crippen LogP contribution in [0.4, 0.5) is 17.1 Å². The van der Waals surface area contributed by atoms with Gasteiger partial charge in [-0.05, 0) is 120 Å². The molecule has 0 fully saturated rings. The average molecular weight is 1230 g/mol. The Labute approximate surface area is 482 Å². The zero-order valence-electron chi connectivity index (χ0n) is 43.0. The van der Waals surface area contributed by atoms with E-state index in [9.17, 15) is 59.1 Å².